The van der Waals surface area contributed by atoms with Crippen molar-refractivity contribution in [3.63, 3.8) is 0 Å². The third-order valence-electron chi connectivity index (χ3n) is 3.18. The van der Waals surface area contributed by atoms with Crippen molar-refractivity contribution in [2.24, 2.45) is 0 Å². The van der Waals surface area contributed by atoms with E-state index in [-0.39, 0.29) is 0 Å². The fourth-order valence-corrected chi connectivity index (χ4v) is 2.07. The van der Waals surface area contributed by atoms with Crippen molar-refractivity contribution < 1.29 is 25.3 Å². The molecule has 0 heterocycles. The molecule has 0 saturated carbocycles. The van der Waals surface area contributed by atoms with Crippen molar-refractivity contribution in [1.29, 1.82) is 0 Å². The standard InChI is InChI=1S/C14H29O5/c1-2-3-4-5-6-7-8-9-10-11-12-13-14-16-18-19-17-15/h2-14H2,1H3. The Morgan fingerprint density at radius 1 is 0.632 bits per heavy atom. The van der Waals surface area contributed by atoms with Crippen LogP contribution in [0.4, 0.5) is 0 Å². The lowest BCUT2D eigenvalue weighted by Gasteiger charge is -2.02. The molecule has 0 saturated heterocycles. The maximum absolute atomic E-state index is 9.34. The van der Waals surface area contributed by atoms with Gasteiger partial charge in [0, 0.05) is 0 Å². The van der Waals surface area contributed by atoms with Crippen LogP contribution in [0.2, 0.25) is 0 Å². The van der Waals surface area contributed by atoms with E-state index in [2.05, 4.69) is 26.9 Å². The fraction of sp³-hybridized carbons (Fsp3) is 1.00. The highest BCUT2D eigenvalue weighted by molar-refractivity contribution is 4.48. The minimum Gasteiger partial charge on any atom is -0.204 e. The Balaban J connectivity index is 2.88. The van der Waals surface area contributed by atoms with Crippen LogP contribution < -0.4 is 0 Å². The summed E-state index contributed by atoms with van der Waals surface area (Å²) >= 11 is 0. The highest BCUT2D eigenvalue weighted by atomic mass is 17.8. The molecule has 0 aromatic rings. The van der Waals surface area contributed by atoms with Crippen LogP contribution in [0.5, 0.6) is 0 Å². The average Bonchev–Trinajstić information content (AvgIpc) is 2.43. The van der Waals surface area contributed by atoms with Gasteiger partial charge in [-0.15, -0.1) is 0 Å². The molecule has 19 heavy (non-hydrogen) atoms. The van der Waals surface area contributed by atoms with Gasteiger partial charge in [0.25, 0.3) is 0 Å². The van der Waals surface area contributed by atoms with Crippen molar-refractivity contribution in [3.8, 4) is 0 Å². The molecule has 0 amide bonds. The Bertz CT molecular complexity index is 139. The molecule has 0 unspecified atom stereocenters. The van der Waals surface area contributed by atoms with Gasteiger partial charge in [-0.05, 0) is 26.8 Å². The quantitative estimate of drug-likeness (QED) is 0.230. The zero-order valence-corrected chi connectivity index (χ0v) is 12.2. The van der Waals surface area contributed by atoms with Crippen LogP contribution in [0, 0.1) is 0 Å². The Hall–Kier alpha value is -0.200. The molecule has 0 spiro atoms. The molecule has 0 fully saturated rings. The van der Waals surface area contributed by atoms with Crippen molar-refractivity contribution in [3.05, 3.63) is 0 Å². The van der Waals surface area contributed by atoms with Gasteiger partial charge in [-0.25, -0.2) is 4.89 Å². The van der Waals surface area contributed by atoms with Gasteiger partial charge in [0.05, 0.1) is 6.61 Å². The summed E-state index contributed by atoms with van der Waals surface area (Å²) in [6.45, 7) is 2.67. The van der Waals surface area contributed by atoms with Crippen molar-refractivity contribution in [2.75, 3.05) is 6.61 Å². The molecule has 5 heteroatoms. The van der Waals surface area contributed by atoms with E-state index in [1.807, 2.05) is 0 Å². The molecule has 0 aliphatic heterocycles. The summed E-state index contributed by atoms with van der Waals surface area (Å²) in [6.07, 6.45) is 15.5. The Kier molecular flexibility index (Phi) is 17.6. The maximum atomic E-state index is 9.34. The molecule has 0 N–H and O–H groups in total. The smallest absolute Gasteiger partial charge is 0.0855 e. The van der Waals surface area contributed by atoms with Gasteiger partial charge in [0.2, 0.25) is 0 Å². The first-order chi connectivity index (χ1) is 9.41. The van der Waals surface area contributed by atoms with Crippen LogP contribution in [-0.2, 0) is 25.3 Å². The largest absolute Gasteiger partial charge is 0.204 e. The lowest BCUT2D eigenvalue weighted by Crippen LogP contribution is -1.97. The van der Waals surface area contributed by atoms with E-state index in [0.717, 1.165) is 12.8 Å². The number of unbranched alkanes of at least 4 members (excludes halogenated alkanes) is 11. The van der Waals surface area contributed by atoms with Gasteiger partial charge < -0.3 is 0 Å². The van der Waals surface area contributed by atoms with Gasteiger partial charge in [-0.2, -0.15) is 0 Å². The summed E-state index contributed by atoms with van der Waals surface area (Å²) in [4.78, 5) is 4.52. The average molecular weight is 277 g/mol. The van der Waals surface area contributed by atoms with E-state index >= 15 is 0 Å². The van der Waals surface area contributed by atoms with E-state index < -0.39 is 0 Å². The van der Waals surface area contributed by atoms with E-state index in [9.17, 15) is 5.26 Å². The van der Waals surface area contributed by atoms with Crippen LogP contribution >= 0.6 is 0 Å². The lowest BCUT2D eigenvalue weighted by atomic mass is 10.1. The van der Waals surface area contributed by atoms with E-state index in [0.29, 0.717) is 6.61 Å². The van der Waals surface area contributed by atoms with Gasteiger partial charge in [0.1, 0.15) is 0 Å². The predicted octanol–water partition coefficient (Wildman–Crippen LogP) is 4.84. The summed E-state index contributed by atoms with van der Waals surface area (Å²) in [7, 11) is 0. The molecule has 0 aromatic heterocycles. The molecule has 0 aliphatic carbocycles. The number of hydrogen-bond acceptors (Lipinski definition) is 4. The van der Waals surface area contributed by atoms with E-state index in [4.69, 9.17) is 0 Å². The minimum absolute atomic E-state index is 0.417. The maximum Gasteiger partial charge on any atom is 0.0855 e. The minimum atomic E-state index is 0.417. The van der Waals surface area contributed by atoms with Crippen LogP contribution in [0.3, 0.4) is 0 Å². The zero-order chi connectivity index (χ0) is 14.0. The van der Waals surface area contributed by atoms with Gasteiger partial charge in [0.15, 0.2) is 0 Å². The molecule has 0 atom stereocenters. The number of hydrogen-bond donors (Lipinski definition) is 0. The normalized spacial score (nSPS) is 11.1. The van der Waals surface area contributed by atoms with Crippen LogP contribution in [-0.4, -0.2) is 6.61 Å². The SMILES string of the molecule is CCCCCCCCCCCCCCOOOO[O]. The highest BCUT2D eigenvalue weighted by Gasteiger charge is 1.94. The van der Waals surface area contributed by atoms with Crippen LogP contribution in [0.1, 0.15) is 84.0 Å². The van der Waals surface area contributed by atoms with Crippen LogP contribution in [0.25, 0.3) is 0 Å². The summed E-state index contributed by atoms with van der Waals surface area (Å²) in [5.74, 6) is 0. The van der Waals surface area contributed by atoms with Crippen molar-refractivity contribution in [1.82, 2.24) is 0 Å². The first kappa shape index (κ1) is 18.8. The van der Waals surface area contributed by atoms with Gasteiger partial charge in [-0.3, -0.25) is 0 Å². The summed E-state index contributed by atoms with van der Waals surface area (Å²) in [5.41, 5.74) is 0. The van der Waals surface area contributed by atoms with Gasteiger partial charge in [-0.1, -0.05) is 77.6 Å². The fourth-order valence-electron chi connectivity index (χ4n) is 2.07. The third kappa shape index (κ3) is 17.8. The molecule has 0 rings (SSSR count). The summed E-state index contributed by atoms with van der Waals surface area (Å²) in [6, 6.07) is 0. The number of rotatable bonds is 16. The monoisotopic (exact) mass is 277 g/mol. The molecular formula is C14H29O5. The van der Waals surface area contributed by atoms with E-state index in [1.54, 1.807) is 0 Å². The van der Waals surface area contributed by atoms with Crippen molar-refractivity contribution in [2.45, 2.75) is 84.0 Å². The second kappa shape index (κ2) is 17.8. The second-order valence-corrected chi connectivity index (χ2v) is 4.92. The highest BCUT2D eigenvalue weighted by Crippen LogP contribution is 2.11. The zero-order valence-electron chi connectivity index (χ0n) is 12.2. The Labute approximate surface area is 116 Å². The first-order valence-corrected chi connectivity index (χ1v) is 7.66. The molecular weight excluding hydrogens is 248 g/mol. The predicted molar refractivity (Wildman–Crippen MR) is 71.0 cm³/mol. The lowest BCUT2D eigenvalue weighted by molar-refractivity contribution is -0.717. The summed E-state index contributed by atoms with van der Waals surface area (Å²) in [5, 5.41) is 19.8. The molecule has 0 aliphatic rings. The Morgan fingerprint density at radius 3 is 1.58 bits per heavy atom. The van der Waals surface area contributed by atoms with E-state index in [1.165, 1.54) is 64.2 Å². The second-order valence-electron chi connectivity index (χ2n) is 4.92. The summed E-state index contributed by atoms with van der Waals surface area (Å²) < 4.78 is 0. The first-order valence-electron chi connectivity index (χ1n) is 7.66. The molecule has 0 aromatic carbocycles. The molecule has 5 nitrogen and oxygen atoms in total. The van der Waals surface area contributed by atoms with Crippen molar-refractivity contribution >= 4 is 0 Å². The van der Waals surface area contributed by atoms with Gasteiger partial charge >= 0.3 is 0 Å². The molecule has 115 valence electrons. The Morgan fingerprint density at radius 2 is 1.11 bits per heavy atom. The third-order valence-corrected chi connectivity index (χ3v) is 3.18. The topological polar surface area (TPSA) is 56.8 Å². The van der Waals surface area contributed by atoms with Crippen LogP contribution in [0.15, 0.2) is 0 Å². The molecule has 1 radical (unpaired) electrons. The molecule has 0 bridgehead atoms.